The zero-order valence-electron chi connectivity index (χ0n) is 10.5. The van der Waals surface area contributed by atoms with Gasteiger partial charge >= 0.3 is 0 Å². The van der Waals surface area contributed by atoms with E-state index in [-0.39, 0.29) is 11.8 Å². The Morgan fingerprint density at radius 2 is 2.00 bits per heavy atom. The van der Waals surface area contributed by atoms with Crippen LogP contribution in [0.25, 0.3) is 0 Å². The van der Waals surface area contributed by atoms with E-state index in [0.717, 1.165) is 32.5 Å². The SMILES string of the molecule is CCCCNC(=O)C[NH+]1CCC(C(=O)[O-])CC1. The summed E-state index contributed by atoms with van der Waals surface area (Å²) in [6.07, 6.45) is 3.33. The average molecular weight is 242 g/mol. The minimum atomic E-state index is -0.948. The van der Waals surface area contributed by atoms with E-state index in [4.69, 9.17) is 0 Å². The second kappa shape index (κ2) is 7.27. The molecule has 1 fully saturated rings. The summed E-state index contributed by atoms with van der Waals surface area (Å²) in [5.41, 5.74) is 0. The summed E-state index contributed by atoms with van der Waals surface area (Å²) >= 11 is 0. The van der Waals surface area contributed by atoms with Gasteiger partial charge in [0, 0.05) is 31.3 Å². The molecule has 2 N–H and O–H groups in total. The molecule has 0 aliphatic carbocycles. The van der Waals surface area contributed by atoms with E-state index < -0.39 is 5.97 Å². The largest absolute Gasteiger partial charge is 0.550 e. The van der Waals surface area contributed by atoms with Gasteiger partial charge in [-0.05, 0) is 6.42 Å². The van der Waals surface area contributed by atoms with Crippen LogP contribution in [0.15, 0.2) is 0 Å². The number of carbonyl (C=O) groups excluding carboxylic acids is 2. The second-order valence-corrected chi connectivity index (χ2v) is 4.72. The number of carboxylic acids is 1. The number of likely N-dealkylation sites (tertiary alicyclic amines) is 1. The van der Waals surface area contributed by atoms with Crippen molar-refractivity contribution in [1.29, 1.82) is 0 Å². The molecule has 0 saturated carbocycles. The van der Waals surface area contributed by atoms with Crippen LogP contribution in [-0.4, -0.2) is 38.1 Å². The fourth-order valence-corrected chi connectivity index (χ4v) is 2.13. The molecule has 5 nitrogen and oxygen atoms in total. The maximum absolute atomic E-state index is 11.5. The molecule has 1 saturated heterocycles. The number of rotatable bonds is 6. The van der Waals surface area contributed by atoms with Crippen LogP contribution in [0.4, 0.5) is 0 Å². The Morgan fingerprint density at radius 3 is 2.53 bits per heavy atom. The summed E-state index contributed by atoms with van der Waals surface area (Å²) in [5, 5.41) is 13.5. The van der Waals surface area contributed by atoms with Gasteiger partial charge in [0.15, 0.2) is 6.54 Å². The van der Waals surface area contributed by atoms with Gasteiger partial charge in [0.2, 0.25) is 0 Å². The molecule has 5 heteroatoms. The molecule has 0 bridgehead atoms. The van der Waals surface area contributed by atoms with Gasteiger partial charge in [0.1, 0.15) is 0 Å². The topological polar surface area (TPSA) is 73.7 Å². The van der Waals surface area contributed by atoms with Crippen LogP contribution in [0, 0.1) is 5.92 Å². The minimum Gasteiger partial charge on any atom is -0.550 e. The molecule has 1 heterocycles. The lowest BCUT2D eigenvalue weighted by atomic mass is 9.97. The summed E-state index contributed by atoms with van der Waals surface area (Å²) in [4.78, 5) is 23.4. The Bertz CT molecular complexity index is 260. The lowest BCUT2D eigenvalue weighted by molar-refractivity contribution is -0.897. The van der Waals surface area contributed by atoms with Crippen molar-refractivity contribution in [2.45, 2.75) is 32.6 Å². The van der Waals surface area contributed by atoms with Crippen LogP contribution in [0.5, 0.6) is 0 Å². The summed E-state index contributed by atoms with van der Waals surface area (Å²) in [7, 11) is 0. The van der Waals surface area contributed by atoms with E-state index in [1.807, 2.05) is 0 Å². The number of piperidine rings is 1. The normalized spacial score (nSPS) is 24.3. The molecule has 0 aromatic heterocycles. The van der Waals surface area contributed by atoms with Crippen LogP contribution in [0.2, 0.25) is 0 Å². The molecule has 0 spiro atoms. The third-order valence-corrected chi connectivity index (χ3v) is 3.29. The van der Waals surface area contributed by atoms with Gasteiger partial charge in [-0.2, -0.15) is 0 Å². The molecule has 0 aromatic rings. The van der Waals surface area contributed by atoms with Gasteiger partial charge in [-0.3, -0.25) is 4.79 Å². The summed E-state index contributed by atoms with van der Waals surface area (Å²) in [5.74, 6) is -1.20. The first-order chi connectivity index (χ1) is 8.13. The van der Waals surface area contributed by atoms with Gasteiger partial charge < -0.3 is 20.1 Å². The number of hydrogen-bond acceptors (Lipinski definition) is 3. The lowest BCUT2D eigenvalue weighted by Gasteiger charge is -2.29. The number of aliphatic carboxylic acids is 1. The number of quaternary nitrogens is 1. The molecular weight excluding hydrogens is 220 g/mol. The van der Waals surface area contributed by atoms with Crippen molar-refractivity contribution in [2.24, 2.45) is 5.92 Å². The van der Waals surface area contributed by atoms with Crippen LogP contribution >= 0.6 is 0 Å². The van der Waals surface area contributed by atoms with Gasteiger partial charge in [-0.1, -0.05) is 13.3 Å². The maximum atomic E-state index is 11.5. The zero-order valence-corrected chi connectivity index (χ0v) is 10.5. The first-order valence-electron chi connectivity index (χ1n) is 6.44. The van der Waals surface area contributed by atoms with E-state index in [9.17, 15) is 14.7 Å². The predicted molar refractivity (Wildman–Crippen MR) is 61.2 cm³/mol. The van der Waals surface area contributed by atoms with Crippen molar-refractivity contribution in [2.75, 3.05) is 26.2 Å². The summed E-state index contributed by atoms with van der Waals surface area (Å²) in [6.45, 7) is 4.79. The van der Waals surface area contributed by atoms with E-state index >= 15 is 0 Å². The van der Waals surface area contributed by atoms with Crippen LogP contribution in [0.1, 0.15) is 32.6 Å². The fourth-order valence-electron chi connectivity index (χ4n) is 2.13. The van der Waals surface area contributed by atoms with E-state index in [0.29, 0.717) is 19.4 Å². The Labute approximate surface area is 102 Å². The number of nitrogens with one attached hydrogen (secondary N) is 2. The van der Waals surface area contributed by atoms with Crippen LogP contribution < -0.4 is 15.3 Å². The highest BCUT2D eigenvalue weighted by Crippen LogP contribution is 2.07. The molecule has 17 heavy (non-hydrogen) atoms. The van der Waals surface area contributed by atoms with Crippen molar-refractivity contribution in [3.63, 3.8) is 0 Å². The molecule has 1 rings (SSSR count). The van der Waals surface area contributed by atoms with Crippen LogP contribution in [0.3, 0.4) is 0 Å². The molecule has 1 amide bonds. The third-order valence-electron chi connectivity index (χ3n) is 3.29. The Balaban J connectivity index is 2.17. The van der Waals surface area contributed by atoms with Crippen molar-refractivity contribution >= 4 is 11.9 Å². The van der Waals surface area contributed by atoms with Gasteiger partial charge in [0.25, 0.3) is 5.91 Å². The lowest BCUT2D eigenvalue weighted by Crippen LogP contribution is -3.14. The van der Waals surface area contributed by atoms with E-state index in [1.165, 1.54) is 4.90 Å². The summed E-state index contributed by atoms with van der Waals surface area (Å²) < 4.78 is 0. The predicted octanol–water partition coefficient (Wildman–Crippen LogP) is -2.05. The number of amides is 1. The molecule has 0 atom stereocenters. The monoisotopic (exact) mass is 242 g/mol. The Hall–Kier alpha value is -1.10. The second-order valence-electron chi connectivity index (χ2n) is 4.72. The third kappa shape index (κ3) is 5.17. The fraction of sp³-hybridized carbons (Fsp3) is 0.833. The molecule has 98 valence electrons. The average Bonchev–Trinajstić information content (AvgIpc) is 2.30. The number of unbranched alkanes of at least 4 members (excludes halogenated alkanes) is 1. The quantitative estimate of drug-likeness (QED) is 0.526. The Morgan fingerprint density at radius 1 is 1.35 bits per heavy atom. The van der Waals surface area contributed by atoms with Crippen molar-refractivity contribution in [3.8, 4) is 0 Å². The standard InChI is InChI=1S/C12H22N2O3/c1-2-3-6-13-11(15)9-14-7-4-10(5-8-14)12(16)17/h10H,2-9H2,1H3,(H,13,15)(H,16,17). The van der Waals surface area contributed by atoms with Gasteiger partial charge in [-0.15, -0.1) is 0 Å². The van der Waals surface area contributed by atoms with E-state index in [2.05, 4.69) is 12.2 Å². The number of hydrogen-bond donors (Lipinski definition) is 2. The van der Waals surface area contributed by atoms with Gasteiger partial charge in [-0.25, -0.2) is 0 Å². The molecule has 0 aromatic carbocycles. The molecular formula is C12H22N2O3. The molecule has 0 unspecified atom stereocenters. The van der Waals surface area contributed by atoms with Crippen molar-refractivity contribution in [1.82, 2.24) is 5.32 Å². The van der Waals surface area contributed by atoms with Crippen LogP contribution in [-0.2, 0) is 9.59 Å². The first kappa shape index (κ1) is 14.0. The molecule has 0 radical (unpaired) electrons. The number of carboxylic acid groups (broad SMARTS) is 1. The first-order valence-corrected chi connectivity index (χ1v) is 6.44. The number of carbonyl (C=O) groups is 2. The highest BCUT2D eigenvalue weighted by atomic mass is 16.4. The maximum Gasteiger partial charge on any atom is 0.275 e. The summed E-state index contributed by atoms with van der Waals surface area (Å²) in [6, 6.07) is 0. The van der Waals surface area contributed by atoms with Crippen molar-refractivity contribution in [3.05, 3.63) is 0 Å². The highest BCUT2D eigenvalue weighted by molar-refractivity contribution is 5.76. The van der Waals surface area contributed by atoms with Crippen molar-refractivity contribution < 1.29 is 19.6 Å². The zero-order chi connectivity index (χ0) is 12.7. The van der Waals surface area contributed by atoms with Gasteiger partial charge in [0.05, 0.1) is 13.1 Å². The smallest absolute Gasteiger partial charge is 0.275 e. The molecule has 1 aliphatic heterocycles. The minimum absolute atomic E-state index is 0.0698. The molecule has 1 aliphatic rings. The van der Waals surface area contributed by atoms with E-state index in [1.54, 1.807) is 0 Å². The Kier molecular flexibility index (Phi) is 5.97. The highest BCUT2D eigenvalue weighted by Gasteiger charge is 2.24.